The molecule has 0 N–H and O–H groups in total. The normalized spacial score (nSPS) is 43.8. The van der Waals surface area contributed by atoms with E-state index in [4.69, 9.17) is 0 Å². The molecular weight excluding hydrogens is 358 g/mol. The lowest BCUT2D eigenvalue weighted by atomic mass is 9.53. The van der Waals surface area contributed by atoms with Crippen LogP contribution < -0.4 is 4.90 Å². The van der Waals surface area contributed by atoms with Gasteiger partial charge < -0.3 is 0 Å². The molecule has 0 aromatic heterocycles. The van der Waals surface area contributed by atoms with Crippen LogP contribution in [0, 0.1) is 54.3 Å². The first kappa shape index (κ1) is 16.6. The van der Waals surface area contributed by atoms with Gasteiger partial charge in [0.05, 0.1) is 17.5 Å². The predicted molar refractivity (Wildman–Crippen MR) is 111 cm³/mol. The van der Waals surface area contributed by atoms with Crippen LogP contribution in [0.25, 0.3) is 0 Å². The topological polar surface area (TPSA) is 37.4 Å². The third kappa shape index (κ3) is 2.04. The maximum Gasteiger partial charge on any atom is 0.238 e. The van der Waals surface area contributed by atoms with Crippen LogP contribution in [0.3, 0.4) is 0 Å². The van der Waals surface area contributed by atoms with Gasteiger partial charge in [-0.2, -0.15) is 0 Å². The minimum Gasteiger partial charge on any atom is -0.274 e. The SMILES string of the molecule is Cc1cccc(N2C(=O)[C@@H]3[C@@H](C2=O)[C@H]2C=C[C@H]3C2=C2C3CC4CC(C3)CC2C4)c1. The van der Waals surface area contributed by atoms with Gasteiger partial charge in [0.1, 0.15) is 0 Å². The maximum atomic E-state index is 13.5. The van der Waals surface area contributed by atoms with Crippen molar-refractivity contribution in [3.05, 3.63) is 53.1 Å². The molecule has 148 valence electrons. The van der Waals surface area contributed by atoms with Gasteiger partial charge in [0.25, 0.3) is 0 Å². The van der Waals surface area contributed by atoms with E-state index in [1.807, 2.05) is 31.2 Å². The van der Waals surface area contributed by atoms with Crippen LogP contribution in [-0.2, 0) is 9.59 Å². The Morgan fingerprint density at radius 2 is 1.38 bits per heavy atom. The molecule has 3 nitrogen and oxygen atoms in total. The fraction of sp³-hybridized carbons (Fsp3) is 0.538. The van der Waals surface area contributed by atoms with Gasteiger partial charge in [-0.25, -0.2) is 4.90 Å². The van der Waals surface area contributed by atoms with Crippen molar-refractivity contribution in [2.75, 3.05) is 4.90 Å². The number of imide groups is 1. The molecule has 6 aliphatic carbocycles. The summed E-state index contributed by atoms with van der Waals surface area (Å²) in [5.74, 6) is 3.42. The van der Waals surface area contributed by atoms with E-state index in [1.165, 1.54) is 42.6 Å². The Labute approximate surface area is 171 Å². The van der Waals surface area contributed by atoms with Crippen molar-refractivity contribution in [3.63, 3.8) is 0 Å². The van der Waals surface area contributed by atoms with Crippen molar-refractivity contribution >= 4 is 17.5 Å². The second kappa shape index (κ2) is 5.50. The number of rotatable bonds is 1. The summed E-state index contributed by atoms with van der Waals surface area (Å²) in [7, 11) is 0. The quantitative estimate of drug-likeness (QED) is 0.520. The first-order valence-electron chi connectivity index (χ1n) is 11.5. The van der Waals surface area contributed by atoms with E-state index in [1.54, 1.807) is 5.57 Å². The Kier molecular flexibility index (Phi) is 3.15. The summed E-state index contributed by atoms with van der Waals surface area (Å²) in [5, 5.41) is 0. The zero-order chi connectivity index (χ0) is 19.4. The molecule has 8 rings (SSSR count). The van der Waals surface area contributed by atoms with E-state index in [0.29, 0.717) is 0 Å². The summed E-state index contributed by atoms with van der Waals surface area (Å²) in [4.78, 5) is 28.5. The first-order chi connectivity index (χ1) is 14.1. The van der Waals surface area contributed by atoms with E-state index in [2.05, 4.69) is 12.2 Å². The molecule has 4 atom stereocenters. The molecule has 2 amide bonds. The average molecular weight is 386 g/mol. The monoisotopic (exact) mass is 385 g/mol. The van der Waals surface area contributed by atoms with Gasteiger partial charge in [0.2, 0.25) is 11.8 Å². The minimum absolute atomic E-state index is 0.0318. The molecule has 5 saturated carbocycles. The highest BCUT2D eigenvalue weighted by Gasteiger charge is 2.63. The predicted octanol–water partition coefficient (Wildman–Crippen LogP) is 4.67. The Morgan fingerprint density at radius 3 is 1.93 bits per heavy atom. The number of carbonyl (C=O) groups is 2. The fourth-order valence-corrected chi connectivity index (χ4v) is 8.33. The number of hydrogen-bond donors (Lipinski definition) is 0. The Balaban J connectivity index is 1.29. The van der Waals surface area contributed by atoms with Gasteiger partial charge in [-0.15, -0.1) is 0 Å². The lowest BCUT2D eigenvalue weighted by molar-refractivity contribution is -0.122. The zero-order valence-electron chi connectivity index (χ0n) is 16.9. The molecule has 1 aliphatic heterocycles. The number of benzene rings is 1. The molecule has 3 heteroatoms. The van der Waals surface area contributed by atoms with Crippen molar-refractivity contribution in [2.24, 2.45) is 47.3 Å². The van der Waals surface area contributed by atoms with Crippen LogP contribution in [0.15, 0.2) is 47.6 Å². The van der Waals surface area contributed by atoms with Gasteiger partial charge in [-0.05, 0) is 80.4 Å². The van der Waals surface area contributed by atoms with E-state index < -0.39 is 0 Å². The van der Waals surface area contributed by atoms with Gasteiger partial charge in [-0.1, -0.05) is 35.4 Å². The lowest BCUT2D eigenvalue weighted by Crippen LogP contribution is -2.41. The van der Waals surface area contributed by atoms with Crippen molar-refractivity contribution in [2.45, 2.75) is 39.0 Å². The number of aryl methyl sites for hydroxylation is 1. The van der Waals surface area contributed by atoms with Crippen LogP contribution in [0.2, 0.25) is 0 Å². The number of allylic oxidation sites excluding steroid dienone is 4. The van der Waals surface area contributed by atoms with Gasteiger partial charge in [-0.3, -0.25) is 9.59 Å². The molecule has 1 saturated heterocycles. The number of fused-ring (bicyclic) bond motifs is 5. The highest BCUT2D eigenvalue weighted by atomic mass is 16.2. The number of amides is 2. The van der Waals surface area contributed by atoms with E-state index >= 15 is 0 Å². The molecular formula is C26H27NO2. The molecule has 1 aromatic rings. The van der Waals surface area contributed by atoms with Crippen LogP contribution in [-0.4, -0.2) is 11.8 Å². The van der Waals surface area contributed by atoms with E-state index in [-0.39, 0.29) is 35.5 Å². The minimum atomic E-state index is -0.169. The molecule has 0 unspecified atom stereocenters. The number of hydrogen-bond acceptors (Lipinski definition) is 2. The summed E-state index contributed by atoms with van der Waals surface area (Å²) in [6.07, 6.45) is 11.4. The van der Waals surface area contributed by atoms with Crippen LogP contribution >= 0.6 is 0 Å². The molecule has 0 spiro atoms. The third-order valence-corrected chi connectivity index (χ3v) is 9.03. The smallest absolute Gasteiger partial charge is 0.238 e. The molecule has 6 fully saturated rings. The Bertz CT molecular complexity index is 953. The van der Waals surface area contributed by atoms with Crippen LogP contribution in [0.4, 0.5) is 5.69 Å². The summed E-state index contributed by atoms with van der Waals surface area (Å²) < 4.78 is 0. The Morgan fingerprint density at radius 1 is 0.793 bits per heavy atom. The Hall–Kier alpha value is -2.16. The van der Waals surface area contributed by atoms with E-state index in [9.17, 15) is 9.59 Å². The molecule has 7 aliphatic rings. The highest BCUT2D eigenvalue weighted by Crippen LogP contribution is 2.63. The van der Waals surface area contributed by atoms with Crippen molar-refractivity contribution < 1.29 is 9.59 Å². The summed E-state index contributed by atoms with van der Waals surface area (Å²) in [6, 6.07) is 7.81. The van der Waals surface area contributed by atoms with E-state index in [0.717, 1.165) is 34.9 Å². The summed E-state index contributed by atoms with van der Waals surface area (Å²) in [5.41, 5.74) is 5.05. The number of anilines is 1. The van der Waals surface area contributed by atoms with Crippen LogP contribution in [0.5, 0.6) is 0 Å². The number of nitrogens with zero attached hydrogens (tertiary/aromatic N) is 1. The largest absolute Gasteiger partial charge is 0.274 e. The molecule has 0 radical (unpaired) electrons. The van der Waals surface area contributed by atoms with Crippen molar-refractivity contribution in [1.29, 1.82) is 0 Å². The maximum absolute atomic E-state index is 13.5. The first-order valence-corrected chi connectivity index (χ1v) is 11.5. The van der Waals surface area contributed by atoms with Crippen molar-refractivity contribution in [1.82, 2.24) is 0 Å². The zero-order valence-corrected chi connectivity index (χ0v) is 16.9. The highest BCUT2D eigenvalue weighted by molar-refractivity contribution is 6.23. The molecule has 6 bridgehead atoms. The second-order valence-electron chi connectivity index (χ2n) is 10.6. The summed E-state index contributed by atoms with van der Waals surface area (Å²) >= 11 is 0. The molecule has 1 aromatic carbocycles. The molecule has 29 heavy (non-hydrogen) atoms. The third-order valence-electron chi connectivity index (χ3n) is 9.03. The van der Waals surface area contributed by atoms with Gasteiger partial charge in [0, 0.05) is 11.8 Å². The molecule has 1 heterocycles. The number of carbonyl (C=O) groups excluding carboxylic acids is 2. The fourth-order valence-electron chi connectivity index (χ4n) is 8.33. The van der Waals surface area contributed by atoms with Gasteiger partial charge in [0.15, 0.2) is 0 Å². The summed E-state index contributed by atoms with van der Waals surface area (Å²) in [6.45, 7) is 2.01. The van der Waals surface area contributed by atoms with Crippen LogP contribution in [0.1, 0.15) is 37.7 Å². The standard InChI is InChI=1S/C26H27NO2/c1-13-3-2-4-18(7-13)27-25(28)23-19-5-6-20(24(23)26(27)29)22(19)21-16-9-14-8-15(11-16)12-17(21)10-14/h2-7,14-17,19-20,23-24H,8-12H2,1H3/t14?,15?,16?,17?,19-,20-,23-,24-/m0/s1. The lowest BCUT2D eigenvalue weighted by Gasteiger charge is -2.52. The second-order valence-corrected chi connectivity index (χ2v) is 10.6. The van der Waals surface area contributed by atoms with Gasteiger partial charge >= 0.3 is 0 Å². The van der Waals surface area contributed by atoms with Crippen molar-refractivity contribution in [3.8, 4) is 0 Å². The average Bonchev–Trinajstić information content (AvgIpc) is 3.31.